The highest BCUT2D eigenvalue weighted by Gasteiger charge is 2.23. The molecule has 0 atom stereocenters. The summed E-state index contributed by atoms with van der Waals surface area (Å²) in [7, 11) is -9.80. The van der Waals surface area contributed by atoms with Crippen molar-refractivity contribution < 1.29 is 60.3 Å². The molecule has 0 saturated heterocycles. The molecule has 4 rings (SSSR count). The van der Waals surface area contributed by atoms with Gasteiger partial charge in [0.15, 0.2) is 5.75 Å². The van der Waals surface area contributed by atoms with E-state index in [9.17, 15) is 31.0 Å². The smallest absolute Gasteiger partial charge is 0.296 e. The molecule has 226 valence electrons. The molecule has 0 aliphatic heterocycles. The van der Waals surface area contributed by atoms with Gasteiger partial charge in [-0.15, -0.1) is 18.9 Å². The molecule has 0 saturated carbocycles. The van der Waals surface area contributed by atoms with Crippen LogP contribution in [0.4, 0.5) is 22.7 Å². The SMILES string of the molecule is O=S(=O)(O)c1cc(N=Nc2ccc(SOOO)cc2)ccc1N=Nc1cc(S(=O)(=O)O)c2cccc(SOOO)c2c1O. The maximum atomic E-state index is 12.1. The van der Waals surface area contributed by atoms with Gasteiger partial charge in [0.05, 0.1) is 40.4 Å². The monoisotopic (exact) mass is 672 g/mol. The van der Waals surface area contributed by atoms with Gasteiger partial charge in [-0.05, 0) is 54.6 Å². The zero-order chi connectivity index (χ0) is 31.2. The normalized spacial score (nSPS) is 12.6. The van der Waals surface area contributed by atoms with Crippen LogP contribution in [0.3, 0.4) is 0 Å². The average Bonchev–Trinajstić information content (AvgIpc) is 2.97. The predicted octanol–water partition coefficient (Wildman–Crippen LogP) is 6.73. The van der Waals surface area contributed by atoms with E-state index in [-0.39, 0.29) is 21.4 Å². The molecule has 17 nitrogen and oxygen atoms in total. The Labute approximate surface area is 250 Å². The van der Waals surface area contributed by atoms with E-state index in [1.54, 1.807) is 12.1 Å². The Morgan fingerprint density at radius 2 is 1.26 bits per heavy atom. The van der Waals surface area contributed by atoms with Crippen molar-refractivity contribution in [1.29, 1.82) is 0 Å². The molecule has 0 fully saturated rings. The van der Waals surface area contributed by atoms with Crippen LogP contribution in [0.25, 0.3) is 10.8 Å². The van der Waals surface area contributed by atoms with Crippen LogP contribution in [0.15, 0.2) is 107 Å². The van der Waals surface area contributed by atoms with E-state index in [0.717, 1.165) is 30.2 Å². The van der Waals surface area contributed by atoms with Crippen LogP contribution in [0.2, 0.25) is 0 Å². The molecular formula is C22H16N4O13S4. The van der Waals surface area contributed by atoms with Crippen molar-refractivity contribution in [3.05, 3.63) is 66.7 Å². The number of rotatable bonds is 12. The van der Waals surface area contributed by atoms with Crippen LogP contribution < -0.4 is 0 Å². The summed E-state index contributed by atoms with van der Waals surface area (Å²) in [6.07, 6.45) is 0. The lowest BCUT2D eigenvalue weighted by molar-refractivity contribution is -0.432. The second kappa shape index (κ2) is 13.8. The summed E-state index contributed by atoms with van der Waals surface area (Å²) in [5.74, 6) is -0.658. The minimum atomic E-state index is -4.91. The molecule has 0 amide bonds. The van der Waals surface area contributed by atoms with Gasteiger partial charge < -0.3 is 5.11 Å². The van der Waals surface area contributed by atoms with E-state index in [1.165, 1.54) is 36.4 Å². The molecule has 21 heteroatoms. The maximum Gasteiger partial charge on any atom is 0.296 e. The highest BCUT2D eigenvalue weighted by atomic mass is 32.2. The number of hydrogen-bond donors (Lipinski definition) is 5. The first-order valence-corrected chi connectivity index (χ1v) is 15.4. The summed E-state index contributed by atoms with van der Waals surface area (Å²) in [5.41, 5.74) is -0.624. The molecule has 0 bridgehead atoms. The first-order valence-electron chi connectivity index (χ1n) is 11.0. The van der Waals surface area contributed by atoms with Crippen molar-refractivity contribution in [3.8, 4) is 5.75 Å². The highest BCUT2D eigenvalue weighted by molar-refractivity contribution is 7.95. The Morgan fingerprint density at radius 1 is 0.651 bits per heavy atom. The van der Waals surface area contributed by atoms with E-state index in [1.807, 2.05) is 0 Å². The van der Waals surface area contributed by atoms with Gasteiger partial charge in [-0.1, -0.05) is 22.2 Å². The molecule has 0 spiro atoms. The molecule has 4 aromatic rings. The molecule has 0 aromatic heterocycles. The molecule has 4 aromatic carbocycles. The standard InChI is InChI=1S/C22H16N4O13S4/c27-22-17(11-19(42(30,31)32)15-2-1-3-18(21(15)22)41-39-37-29)26-25-16-9-6-13(10-20(16)43(33,34)35)24-23-12-4-7-14(8-5-12)40-38-36-28/h1-11,27-29H,(H,30,31,32)(H,33,34,35). The van der Waals surface area contributed by atoms with E-state index in [2.05, 4.69) is 39.2 Å². The number of benzene rings is 4. The van der Waals surface area contributed by atoms with Crippen LogP contribution in [-0.4, -0.2) is 41.6 Å². The minimum absolute atomic E-state index is 0.0166. The lowest BCUT2D eigenvalue weighted by Gasteiger charge is -2.11. The molecular weight excluding hydrogens is 657 g/mol. The highest BCUT2D eigenvalue weighted by Crippen LogP contribution is 2.44. The van der Waals surface area contributed by atoms with Crippen molar-refractivity contribution in [1.82, 2.24) is 0 Å². The molecule has 5 N–H and O–H groups in total. The third-order valence-electron chi connectivity index (χ3n) is 5.24. The number of nitrogens with zero attached hydrogens (tertiary/aromatic N) is 4. The third kappa shape index (κ3) is 8.08. The van der Waals surface area contributed by atoms with Gasteiger partial charge in [0.25, 0.3) is 20.2 Å². The van der Waals surface area contributed by atoms with Gasteiger partial charge in [0.2, 0.25) is 0 Å². The number of aromatic hydroxyl groups is 1. The fourth-order valence-electron chi connectivity index (χ4n) is 3.49. The van der Waals surface area contributed by atoms with E-state index < -0.39 is 47.2 Å². The van der Waals surface area contributed by atoms with Gasteiger partial charge in [-0.25, -0.2) is 10.5 Å². The fourth-order valence-corrected chi connectivity index (χ4v) is 5.73. The Kier molecular flexibility index (Phi) is 10.4. The Bertz CT molecular complexity index is 1920. The van der Waals surface area contributed by atoms with Gasteiger partial charge in [0, 0.05) is 15.7 Å². The summed E-state index contributed by atoms with van der Waals surface area (Å²) in [6, 6.07) is 14.3. The lowest BCUT2D eigenvalue weighted by atomic mass is 10.1. The quantitative estimate of drug-likeness (QED) is 0.0344. The molecule has 0 aliphatic rings. The van der Waals surface area contributed by atoms with E-state index in [4.69, 9.17) is 10.5 Å². The van der Waals surface area contributed by atoms with Gasteiger partial charge in [0.1, 0.15) is 21.2 Å². The molecule has 0 radical (unpaired) electrons. The summed E-state index contributed by atoms with van der Waals surface area (Å²) in [5, 5.41) is 49.7. The van der Waals surface area contributed by atoms with Gasteiger partial charge >= 0.3 is 0 Å². The molecule has 0 aliphatic carbocycles. The topological polar surface area (TPSA) is 256 Å². The molecule has 0 heterocycles. The van der Waals surface area contributed by atoms with Crippen LogP contribution in [0.5, 0.6) is 5.75 Å². The number of azo groups is 2. The Morgan fingerprint density at radius 3 is 1.91 bits per heavy atom. The van der Waals surface area contributed by atoms with Crippen LogP contribution in [0, 0.1) is 0 Å². The molecule has 43 heavy (non-hydrogen) atoms. The number of fused-ring (bicyclic) bond motifs is 1. The van der Waals surface area contributed by atoms with Crippen molar-refractivity contribution in [2.24, 2.45) is 20.5 Å². The zero-order valence-corrected chi connectivity index (χ0v) is 24.0. The first-order chi connectivity index (χ1) is 20.4. The minimum Gasteiger partial charge on any atom is -0.505 e. The average molecular weight is 673 g/mol. The van der Waals surface area contributed by atoms with Crippen molar-refractivity contribution in [2.75, 3.05) is 0 Å². The number of phenols is 1. The van der Waals surface area contributed by atoms with E-state index in [0.29, 0.717) is 22.6 Å². The second-order valence-corrected chi connectivity index (χ2v) is 12.2. The summed E-state index contributed by atoms with van der Waals surface area (Å²) in [4.78, 5) is -0.853. The number of hydrogen-bond acceptors (Lipinski definition) is 17. The van der Waals surface area contributed by atoms with Gasteiger partial charge in [-0.2, -0.15) is 27.1 Å². The zero-order valence-electron chi connectivity index (χ0n) is 20.8. The van der Waals surface area contributed by atoms with Crippen LogP contribution >= 0.6 is 24.1 Å². The van der Waals surface area contributed by atoms with Crippen LogP contribution in [-0.2, 0) is 39.0 Å². The van der Waals surface area contributed by atoms with E-state index >= 15 is 0 Å². The van der Waals surface area contributed by atoms with Crippen molar-refractivity contribution in [2.45, 2.75) is 19.6 Å². The summed E-state index contributed by atoms with van der Waals surface area (Å²) in [6.45, 7) is 0. The Hall–Kier alpha value is -3.58. The van der Waals surface area contributed by atoms with Crippen LogP contribution in [0.1, 0.15) is 0 Å². The van der Waals surface area contributed by atoms with Crippen molar-refractivity contribution in [3.63, 3.8) is 0 Å². The fraction of sp³-hybridized carbons (Fsp3) is 0. The Balaban J connectivity index is 1.73. The second-order valence-electron chi connectivity index (χ2n) is 7.87. The van der Waals surface area contributed by atoms with Crippen molar-refractivity contribution >= 4 is 77.8 Å². The number of phenolic OH excluding ortho intramolecular Hbond substituents is 1. The first kappa shape index (κ1) is 32.3. The maximum absolute atomic E-state index is 12.1. The molecule has 0 unspecified atom stereocenters. The third-order valence-corrected chi connectivity index (χ3v) is 8.25. The summed E-state index contributed by atoms with van der Waals surface area (Å²) >= 11 is 1.11. The van der Waals surface area contributed by atoms with Gasteiger partial charge in [-0.3, -0.25) is 9.11 Å². The summed E-state index contributed by atoms with van der Waals surface area (Å²) < 4.78 is 76.7. The lowest BCUT2D eigenvalue weighted by Crippen LogP contribution is -2.00. The largest absolute Gasteiger partial charge is 0.505 e. The predicted molar refractivity (Wildman–Crippen MR) is 148 cm³/mol.